The highest BCUT2D eigenvalue weighted by Crippen LogP contribution is 2.26. The largest absolute Gasteiger partial charge is 0.480 e. The SMILES string of the molecule is CC1CCCN(c2nnnn2C)C1C(=O)O. The number of carboxylic acids is 1. The molecule has 0 saturated carbocycles. The third-order valence-electron chi connectivity index (χ3n) is 3.04. The number of nitrogens with zero attached hydrogens (tertiary/aromatic N) is 5. The Kier molecular flexibility index (Phi) is 2.76. The second-order valence-electron chi connectivity index (χ2n) is 4.20. The first-order valence-corrected chi connectivity index (χ1v) is 5.33. The third-order valence-corrected chi connectivity index (χ3v) is 3.04. The number of carboxylic acid groups (broad SMARTS) is 1. The van der Waals surface area contributed by atoms with Crippen molar-refractivity contribution in [2.45, 2.75) is 25.8 Å². The van der Waals surface area contributed by atoms with Crippen molar-refractivity contribution in [1.82, 2.24) is 20.2 Å². The average molecular weight is 225 g/mol. The number of piperidine rings is 1. The topological polar surface area (TPSA) is 84.1 Å². The van der Waals surface area contributed by atoms with Gasteiger partial charge < -0.3 is 10.0 Å². The normalized spacial score (nSPS) is 25.8. The molecule has 1 aliphatic rings. The number of carbonyl (C=O) groups is 1. The average Bonchev–Trinajstić information content (AvgIpc) is 2.63. The van der Waals surface area contributed by atoms with Crippen LogP contribution in [0.2, 0.25) is 0 Å². The van der Waals surface area contributed by atoms with E-state index in [2.05, 4.69) is 15.5 Å². The van der Waals surface area contributed by atoms with E-state index in [0.717, 1.165) is 12.8 Å². The van der Waals surface area contributed by atoms with Gasteiger partial charge in [-0.05, 0) is 29.2 Å². The summed E-state index contributed by atoms with van der Waals surface area (Å²) in [5.41, 5.74) is 0. The standard InChI is InChI=1S/C9H15N5O2/c1-6-4-3-5-14(7(6)8(15)16)9-10-11-12-13(9)2/h6-7H,3-5H2,1-2H3,(H,15,16). The van der Waals surface area contributed by atoms with E-state index >= 15 is 0 Å². The maximum Gasteiger partial charge on any atom is 0.326 e. The summed E-state index contributed by atoms with van der Waals surface area (Å²) in [4.78, 5) is 13.0. The van der Waals surface area contributed by atoms with Crippen LogP contribution in [0.1, 0.15) is 19.8 Å². The van der Waals surface area contributed by atoms with Crippen molar-refractivity contribution < 1.29 is 9.90 Å². The number of anilines is 1. The minimum atomic E-state index is -0.810. The molecular formula is C9H15N5O2. The van der Waals surface area contributed by atoms with E-state index in [1.54, 1.807) is 11.9 Å². The number of hydrogen-bond acceptors (Lipinski definition) is 5. The summed E-state index contributed by atoms with van der Waals surface area (Å²) < 4.78 is 1.51. The summed E-state index contributed by atoms with van der Waals surface area (Å²) in [6.45, 7) is 2.64. The lowest BCUT2D eigenvalue weighted by Gasteiger charge is -2.37. The fourth-order valence-corrected chi connectivity index (χ4v) is 2.26. The van der Waals surface area contributed by atoms with Gasteiger partial charge in [-0.2, -0.15) is 0 Å². The first-order valence-electron chi connectivity index (χ1n) is 5.33. The highest BCUT2D eigenvalue weighted by Gasteiger charge is 2.36. The van der Waals surface area contributed by atoms with Crippen LogP contribution in [-0.2, 0) is 11.8 Å². The van der Waals surface area contributed by atoms with Gasteiger partial charge in [0.2, 0.25) is 5.95 Å². The molecular weight excluding hydrogens is 210 g/mol. The molecule has 1 aromatic rings. The molecule has 7 nitrogen and oxygen atoms in total. The lowest BCUT2D eigenvalue weighted by atomic mass is 9.91. The number of aryl methyl sites for hydroxylation is 1. The van der Waals surface area contributed by atoms with Gasteiger partial charge in [-0.15, -0.1) is 0 Å². The minimum absolute atomic E-state index is 0.114. The van der Waals surface area contributed by atoms with E-state index in [-0.39, 0.29) is 5.92 Å². The van der Waals surface area contributed by atoms with Gasteiger partial charge in [0.05, 0.1) is 0 Å². The first kappa shape index (κ1) is 10.8. The van der Waals surface area contributed by atoms with Crippen LogP contribution >= 0.6 is 0 Å². The number of rotatable bonds is 2. The van der Waals surface area contributed by atoms with Gasteiger partial charge in [-0.1, -0.05) is 12.0 Å². The fourth-order valence-electron chi connectivity index (χ4n) is 2.26. The molecule has 0 aliphatic carbocycles. The number of aromatic nitrogens is 4. The minimum Gasteiger partial charge on any atom is -0.480 e. The van der Waals surface area contributed by atoms with Gasteiger partial charge >= 0.3 is 5.97 Å². The molecule has 1 fully saturated rings. The van der Waals surface area contributed by atoms with Crippen LogP contribution in [0.3, 0.4) is 0 Å². The molecule has 0 aromatic carbocycles. The highest BCUT2D eigenvalue weighted by atomic mass is 16.4. The molecule has 1 aromatic heterocycles. The zero-order valence-electron chi connectivity index (χ0n) is 9.37. The molecule has 0 amide bonds. The molecule has 7 heteroatoms. The maximum absolute atomic E-state index is 11.3. The van der Waals surface area contributed by atoms with Crippen molar-refractivity contribution in [3.8, 4) is 0 Å². The second-order valence-corrected chi connectivity index (χ2v) is 4.20. The lowest BCUT2D eigenvalue weighted by Crippen LogP contribution is -2.50. The number of hydrogen-bond donors (Lipinski definition) is 1. The van der Waals surface area contributed by atoms with Crippen molar-refractivity contribution >= 4 is 11.9 Å². The van der Waals surface area contributed by atoms with E-state index in [9.17, 15) is 9.90 Å². The van der Waals surface area contributed by atoms with Crippen molar-refractivity contribution in [2.75, 3.05) is 11.4 Å². The molecule has 2 heterocycles. The van der Waals surface area contributed by atoms with E-state index < -0.39 is 12.0 Å². The van der Waals surface area contributed by atoms with E-state index in [1.165, 1.54) is 4.68 Å². The Labute approximate surface area is 93.0 Å². The molecule has 2 rings (SSSR count). The van der Waals surface area contributed by atoms with E-state index in [1.807, 2.05) is 6.92 Å². The van der Waals surface area contributed by atoms with Crippen LogP contribution in [0.25, 0.3) is 0 Å². The smallest absolute Gasteiger partial charge is 0.326 e. The summed E-state index contributed by atoms with van der Waals surface area (Å²) in [5.74, 6) is -0.169. The van der Waals surface area contributed by atoms with Gasteiger partial charge in [0, 0.05) is 13.6 Å². The molecule has 1 aliphatic heterocycles. The Morgan fingerprint density at radius 3 is 2.88 bits per heavy atom. The molecule has 2 atom stereocenters. The Morgan fingerprint density at radius 1 is 1.56 bits per heavy atom. The predicted molar refractivity (Wildman–Crippen MR) is 56.0 cm³/mol. The second kappa shape index (κ2) is 4.07. The summed E-state index contributed by atoms with van der Waals surface area (Å²) in [7, 11) is 1.72. The quantitative estimate of drug-likeness (QED) is 0.756. The monoisotopic (exact) mass is 225 g/mol. The third kappa shape index (κ3) is 1.72. The summed E-state index contributed by atoms with van der Waals surface area (Å²) in [6, 6.07) is -0.529. The van der Waals surface area contributed by atoms with Gasteiger partial charge in [-0.3, -0.25) is 0 Å². The molecule has 16 heavy (non-hydrogen) atoms. The van der Waals surface area contributed by atoms with Crippen LogP contribution in [0, 0.1) is 5.92 Å². The molecule has 0 spiro atoms. The molecule has 1 N–H and O–H groups in total. The van der Waals surface area contributed by atoms with Crippen molar-refractivity contribution in [1.29, 1.82) is 0 Å². The molecule has 2 unspecified atom stereocenters. The fraction of sp³-hybridized carbons (Fsp3) is 0.778. The summed E-state index contributed by atoms with van der Waals surface area (Å²) in [5, 5.41) is 20.4. The number of tetrazole rings is 1. The molecule has 88 valence electrons. The number of aliphatic carboxylic acids is 1. The Hall–Kier alpha value is -1.66. The van der Waals surface area contributed by atoms with Gasteiger partial charge in [0.25, 0.3) is 0 Å². The maximum atomic E-state index is 11.3. The Morgan fingerprint density at radius 2 is 2.31 bits per heavy atom. The van der Waals surface area contributed by atoms with Crippen LogP contribution in [0.4, 0.5) is 5.95 Å². The first-order chi connectivity index (χ1) is 7.61. The molecule has 1 saturated heterocycles. The van der Waals surface area contributed by atoms with Gasteiger partial charge in [0.15, 0.2) is 0 Å². The van der Waals surface area contributed by atoms with Crippen LogP contribution < -0.4 is 4.90 Å². The highest BCUT2D eigenvalue weighted by molar-refractivity contribution is 5.78. The van der Waals surface area contributed by atoms with Crippen molar-refractivity contribution in [3.63, 3.8) is 0 Å². The van der Waals surface area contributed by atoms with Gasteiger partial charge in [0.1, 0.15) is 6.04 Å². The molecule has 0 bridgehead atoms. The van der Waals surface area contributed by atoms with Crippen molar-refractivity contribution in [2.24, 2.45) is 13.0 Å². The van der Waals surface area contributed by atoms with E-state index in [4.69, 9.17) is 0 Å². The molecule has 0 radical (unpaired) electrons. The summed E-state index contributed by atoms with van der Waals surface area (Å²) >= 11 is 0. The van der Waals surface area contributed by atoms with Crippen LogP contribution in [0.15, 0.2) is 0 Å². The van der Waals surface area contributed by atoms with Crippen LogP contribution in [0.5, 0.6) is 0 Å². The summed E-state index contributed by atoms with van der Waals surface area (Å²) in [6.07, 6.45) is 1.90. The zero-order chi connectivity index (χ0) is 11.7. The predicted octanol–water partition coefficient (Wildman–Crippen LogP) is -0.100. The zero-order valence-corrected chi connectivity index (χ0v) is 9.37. The van der Waals surface area contributed by atoms with Crippen LogP contribution in [-0.4, -0.2) is 43.9 Å². The van der Waals surface area contributed by atoms with Gasteiger partial charge in [-0.25, -0.2) is 9.48 Å². The van der Waals surface area contributed by atoms with Crippen molar-refractivity contribution in [3.05, 3.63) is 0 Å². The lowest BCUT2D eigenvalue weighted by molar-refractivity contribution is -0.140. The van der Waals surface area contributed by atoms with E-state index in [0.29, 0.717) is 12.5 Å². The Bertz CT molecular complexity index is 391. The Balaban J connectivity index is 2.31.